The van der Waals surface area contributed by atoms with Gasteiger partial charge in [0.2, 0.25) is 0 Å². The standard InChI is InChI=1S/C21H38F9N4O4PS/c1-7-32(8-2)39(33(9-3)10-4,34(11-5)12-6,38-40(35,36)21(28,29)30)18(31-13-15-37-16-14-31)17(22)19(23,24)20(25,26)27/h7-16H2,1-6H3. The topological polar surface area (TPSA) is 65.6 Å². The first-order chi connectivity index (χ1) is 18.2. The van der Waals surface area contributed by atoms with Crippen LogP contribution in [0.3, 0.4) is 0 Å². The van der Waals surface area contributed by atoms with E-state index in [9.17, 15) is 34.8 Å². The van der Waals surface area contributed by atoms with Crippen LogP contribution in [-0.4, -0.2) is 111 Å². The molecule has 1 aliphatic rings. The summed E-state index contributed by atoms with van der Waals surface area (Å²) in [5.74, 6) is -9.36. The van der Waals surface area contributed by atoms with Crippen LogP contribution in [0.15, 0.2) is 11.3 Å². The first-order valence-corrected chi connectivity index (χ1v) is 16.2. The van der Waals surface area contributed by atoms with Gasteiger partial charge in [-0.15, -0.1) is 0 Å². The first kappa shape index (κ1) is 37.1. The fourth-order valence-electron chi connectivity index (χ4n) is 5.14. The van der Waals surface area contributed by atoms with E-state index < -0.39 is 98.6 Å². The summed E-state index contributed by atoms with van der Waals surface area (Å²) in [4.78, 5) is 0.706. The molecule has 1 saturated heterocycles. The van der Waals surface area contributed by atoms with Gasteiger partial charge < -0.3 is 0 Å². The van der Waals surface area contributed by atoms with Gasteiger partial charge in [0.25, 0.3) is 0 Å². The van der Waals surface area contributed by atoms with Crippen molar-refractivity contribution >= 4 is 17.4 Å². The Bertz CT molecular complexity index is 944. The minimum atomic E-state index is -6.76. The second-order valence-electron chi connectivity index (χ2n) is 8.60. The number of nitrogens with zero attached hydrogens (tertiary/aromatic N) is 4. The SMILES string of the molecule is CCN(CC)P(OS(=O)(=O)C(F)(F)F)(C(=C(F)C(F)(F)C(F)(F)F)N1CCOCC1)(N(CC)CC)N(CC)CC. The van der Waals surface area contributed by atoms with E-state index >= 15 is 13.2 Å². The molecule has 19 heteroatoms. The van der Waals surface area contributed by atoms with Crippen molar-refractivity contribution in [1.29, 1.82) is 0 Å². The zero-order chi connectivity index (χ0) is 31.4. The van der Waals surface area contributed by atoms with E-state index in [2.05, 4.69) is 0 Å². The molecule has 0 N–H and O–H groups in total. The molecule has 0 saturated carbocycles. The van der Waals surface area contributed by atoms with Crippen LogP contribution in [0.4, 0.5) is 39.5 Å². The van der Waals surface area contributed by atoms with E-state index in [0.717, 1.165) is 14.0 Å². The monoisotopic (exact) mass is 644 g/mol. The van der Waals surface area contributed by atoms with Gasteiger partial charge in [-0.05, 0) is 0 Å². The second-order valence-corrected chi connectivity index (χ2v) is 14.5. The summed E-state index contributed by atoms with van der Waals surface area (Å²) in [6.45, 7) is 3.83. The molecule has 0 unspecified atom stereocenters. The van der Waals surface area contributed by atoms with Gasteiger partial charge in [-0.1, -0.05) is 0 Å². The van der Waals surface area contributed by atoms with Crippen LogP contribution < -0.4 is 0 Å². The average molecular weight is 645 g/mol. The van der Waals surface area contributed by atoms with Crippen LogP contribution in [0.25, 0.3) is 0 Å². The minimum absolute atomic E-state index is 0.318. The van der Waals surface area contributed by atoms with Crippen molar-refractivity contribution in [1.82, 2.24) is 18.9 Å². The van der Waals surface area contributed by atoms with E-state index in [-0.39, 0.29) is 13.2 Å². The third kappa shape index (κ3) is 5.95. The molecule has 0 atom stereocenters. The molecule has 8 nitrogen and oxygen atoms in total. The number of hydrogen-bond acceptors (Lipinski definition) is 8. The van der Waals surface area contributed by atoms with Crippen LogP contribution in [0.5, 0.6) is 0 Å². The summed E-state index contributed by atoms with van der Waals surface area (Å²) in [6, 6.07) is 0. The average Bonchev–Trinajstić information content (AvgIpc) is 2.85. The number of halogens is 9. The van der Waals surface area contributed by atoms with Crippen LogP contribution >= 0.6 is 7.28 Å². The van der Waals surface area contributed by atoms with Crippen LogP contribution in [0.2, 0.25) is 0 Å². The van der Waals surface area contributed by atoms with Gasteiger partial charge in [0, 0.05) is 0 Å². The molecule has 0 spiro atoms. The van der Waals surface area contributed by atoms with Crippen molar-refractivity contribution in [3.8, 4) is 0 Å². The van der Waals surface area contributed by atoms with Gasteiger partial charge in [0.1, 0.15) is 0 Å². The molecule has 0 aromatic heterocycles. The van der Waals surface area contributed by atoms with Crippen LogP contribution in [0.1, 0.15) is 41.5 Å². The molecule has 0 bridgehead atoms. The van der Waals surface area contributed by atoms with E-state index in [1.807, 2.05) is 0 Å². The molecule has 0 aromatic rings. The molecular formula is C21H38F9N4O4PS. The summed E-state index contributed by atoms with van der Waals surface area (Å²) in [7, 11) is -13.2. The molecule has 1 heterocycles. The van der Waals surface area contributed by atoms with Gasteiger partial charge in [-0.25, -0.2) is 0 Å². The predicted molar refractivity (Wildman–Crippen MR) is 133 cm³/mol. The number of alkyl halides is 8. The number of hydrogen-bond donors (Lipinski definition) is 0. The third-order valence-electron chi connectivity index (χ3n) is 6.75. The fraction of sp³-hybridized carbons (Fsp3) is 0.905. The molecule has 1 rings (SSSR count). The zero-order valence-corrected chi connectivity index (χ0v) is 25.0. The maximum absolute atomic E-state index is 16.4. The third-order valence-corrected chi connectivity index (χ3v) is 15.2. The Morgan fingerprint density at radius 2 is 1.12 bits per heavy atom. The molecule has 0 aromatic carbocycles. The van der Waals surface area contributed by atoms with E-state index in [1.54, 1.807) is 0 Å². The zero-order valence-electron chi connectivity index (χ0n) is 23.3. The summed E-state index contributed by atoms with van der Waals surface area (Å²) >= 11 is 0. The summed E-state index contributed by atoms with van der Waals surface area (Å²) < 4.78 is 169. The summed E-state index contributed by atoms with van der Waals surface area (Å²) in [5, 5.41) is 0. The Hall–Kier alpha value is -0.910. The Kier molecular flexibility index (Phi) is 12.2. The van der Waals surface area contributed by atoms with E-state index in [0.29, 0.717) is 4.90 Å². The predicted octanol–water partition coefficient (Wildman–Crippen LogP) is 5.76. The maximum atomic E-state index is 16.4. The van der Waals surface area contributed by atoms with Gasteiger partial charge in [-0.3, -0.25) is 0 Å². The van der Waals surface area contributed by atoms with Crippen LogP contribution in [0, 0.1) is 0 Å². The van der Waals surface area contributed by atoms with Crippen LogP contribution in [-0.2, 0) is 18.8 Å². The summed E-state index contributed by atoms with van der Waals surface area (Å²) in [5.41, 5.74) is -7.72. The van der Waals surface area contributed by atoms with E-state index in [1.165, 1.54) is 41.5 Å². The number of ether oxygens (including phenoxy) is 1. The van der Waals surface area contributed by atoms with Gasteiger partial charge >= 0.3 is 229 Å². The molecular weight excluding hydrogens is 606 g/mol. The Morgan fingerprint density at radius 3 is 1.40 bits per heavy atom. The van der Waals surface area contributed by atoms with Gasteiger partial charge in [0.15, 0.2) is 0 Å². The Morgan fingerprint density at radius 1 is 0.775 bits per heavy atom. The molecule has 0 aliphatic carbocycles. The molecule has 240 valence electrons. The van der Waals surface area contributed by atoms with Gasteiger partial charge in [0.05, 0.1) is 0 Å². The second kappa shape index (κ2) is 13.2. The van der Waals surface area contributed by atoms with Crippen molar-refractivity contribution in [3.05, 3.63) is 11.3 Å². The Balaban J connectivity index is 4.88. The quantitative estimate of drug-likeness (QED) is 0.135. The van der Waals surface area contributed by atoms with Crippen molar-refractivity contribution in [3.63, 3.8) is 0 Å². The number of morpholine rings is 1. The Labute approximate surface area is 229 Å². The van der Waals surface area contributed by atoms with E-state index in [4.69, 9.17) is 8.71 Å². The summed E-state index contributed by atoms with van der Waals surface area (Å²) in [6.07, 6.45) is -6.52. The number of rotatable bonds is 14. The van der Waals surface area contributed by atoms with Crippen molar-refractivity contribution in [2.75, 3.05) is 65.6 Å². The van der Waals surface area contributed by atoms with Gasteiger partial charge in [-0.2, -0.15) is 0 Å². The van der Waals surface area contributed by atoms with Crippen molar-refractivity contribution in [2.45, 2.75) is 59.1 Å². The van der Waals surface area contributed by atoms with Crippen molar-refractivity contribution < 1.29 is 56.6 Å². The molecule has 1 fully saturated rings. The molecule has 0 amide bonds. The molecule has 1 aliphatic heterocycles. The van der Waals surface area contributed by atoms with Crippen molar-refractivity contribution in [2.24, 2.45) is 0 Å². The molecule has 40 heavy (non-hydrogen) atoms. The fourth-order valence-corrected chi connectivity index (χ4v) is 14.4. The molecule has 0 radical (unpaired) electrons. The number of allylic oxidation sites excluding steroid dienone is 1. The normalized spacial score (nSPS) is 18.4. The first-order valence-electron chi connectivity index (χ1n) is 12.7.